The molecule has 56 valence electrons. The number of pyridine rings is 1. The quantitative estimate of drug-likeness (QED) is 0.565. The van der Waals surface area contributed by atoms with Gasteiger partial charge in [-0.2, -0.15) is 0 Å². The second-order valence-corrected chi connectivity index (χ2v) is 2.23. The van der Waals surface area contributed by atoms with Crippen molar-refractivity contribution in [2.24, 2.45) is 4.99 Å². The standard InChI is InChI=1S/C7H7N3O/c11-7-6-5(9-4-10-7)2-1-3-8-6/h1-4,7,11H,(H,9,10). The molecule has 1 aromatic heterocycles. The first-order valence-electron chi connectivity index (χ1n) is 3.29. The van der Waals surface area contributed by atoms with Gasteiger partial charge in [0.1, 0.15) is 5.69 Å². The highest BCUT2D eigenvalue weighted by atomic mass is 16.3. The van der Waals surface area contributed by atoms with E-state index in [4.69, 9.17) is 0 Å². The smallest absolute Gasteiger partial charge is 0.192 e. The van der Waals surface area contributed by atoms with Gasteiger partial charge >= 0.3 is 0 Å². The lowest BCUT2D eigenvalue weighted by molar-refractivity contribution is 0.184. The summed E-state index contributed by atoms with van der Waals surface area (Å²) in [6, 6.07) is 3.65. The number of nitrogens with one attached hydrogen (secondary N) is 1. The summed E-state index contributed by atoms with van der Waals surface area (Å²) in [5, 5.41) is 12.1. The molecular formula is C7H7N3O. The largest absolute Gasteiger partial charge is 0.367 e. The minimum atomic E-state index is -0.813. The van der Waals surface area contributed by atoms with Gasteiger partial charge in [-0.25, -0.2) is 4.99 Å². The maximum Gasteiger partial charge on any atom is 0.192 e. The van der Waals surface area contributed by atoms with Crippen LogP contribution in [-0.2, 0) is 0 Å². The fourth-order valence-corrected chi connectivity index (χ4v) is 0.993. The minimum absolute atomic E-state index is 0.579. The highest BCUT2D eigenvalue weighted by Gasteiger charge is 2.13. The van der Waals surface area contributed by atoms with E-state index in [1.165, 1.54) is 6.34 Å². The van der Waals surface area contributed by atoms with Crippen LogP contribution < -0.4 is 5.32 Å². The molecule has 0 saturated heterocycles. The minimum Gasteiger partial charge on any atom is -0.367 e. The average Bonchev–Trinajstić information content (AvgIpc) is 2.06. The van der Waals surface area contributed by atoms with E-state index in [-0.39, 0.29) is 0 Å². The first kappa shape index (κ1) is 6.30. The van der Waals surface area contributed by atoms with Crippen molar-refractivity contribution in [1.82, 2.24) is 4.98 Å². The van der Waals surface area contributed by atoms with Gasteiger partial charge in [-0.1, -0.05) is 0 Å². The van der Waals surface area contributed by atoms with Crippen LogP contribution in [0.4, 0.5) is 5.69 Å². The van der Waals surface area contributed by atoms with Gasteiger partial charge in [-0.05, 0) is 12.1 Å². The number of aliphatic hydroxyl groups is 1. The molecule has 0 amide bonds. The number of nitrogens with zero attached hydrogens (tertiary/aromatic N) is 2. The highest BCUT2D eigenvalue weighted by Crippen LogP contribution is 2.22. The summed E-state index contributed by atoms with van der Waals surface area (Å²) < 4.78 is 0. The third kappa shape index (κ3) is 0.969. The molecule has 0 spiro atoms. The van der Waals surface area contributed by atoms with E-state index in [0.717, 1.165) is 5.69 Å². The van der Waals surface area contributed by atoms with Crippen molar-refractivity contribution >= 4 is 12.0 Å². The van der Waals surface area contributed by atoms with Crippen LogP contribution in [0, 0.1) is 0 Å². The monoisotopic (exact) mass is 149 g/mol. The summed E-state index contributed by atoms with van der Waals surface area (Å²) in [6.07, 6.45) is 2.28. The number of hydrogen-bond donors (Lipinski definition) is 2. The van der Waals surface area contributed by atoms with E-state index < -0.39 is 6.23 Å². The molecule has 1 aromatic rings. The summed E-state index contributed by atoms with van der Waals surface area (Å²) in [7, 11) is 0. The Kier molecular flexibility index (Phi) is 1.33. The number of aliphatic hydroxyl groups excluding tert-OH is 1. The van der Waals surface area contributed by atoms with Crippen molar-refractivity contribution in [2.45, 2.75) is 6.23 Å². The number of aromatic nitrogens is 1. The van der Waals surface area contributed by atoms with Crippen LogP contribution in [0.3, 0.4) is 0 Å². The summed E-state index contributed by atoms with van der Waals surface area (Å²) in [4.78, 5) is 7.70. The molecule has 0 fully saturated rings. The first-order chi connectivity index (χ1) is 5.38. The molecule has 1 aliphatic heterocycles. The molecule has 2 N–H and O–H groups in total. The van der Waals surface area contributed by atoms with Crippen LogP contribution >= 0.6 is 0 Å². The molecule has 0 bridgehead atoms. The number of anilines is 1. The number of aliphatic imine (C=N–C) groups is 1. The van der Waals surface area contributed by atoms with E-state index in [1.807, 2.05) is 6.07 Å². The molecule has 4 nitrogen and oxygen atoms in total. The molecule has 0 aliphatic carbocycles. The Bertz CT molecular complexity index is 297. The molecule has 1 unspecified atom stereocenters. The average molecular weight is 149 g/mol. The van der Waals surface area contributed by atoms with Gasteiger partial charge < -0.3 is 10.4 Å². The lowest BCUT2D eigenvalue weighted by Gasteiger charge is -2.14. The second-order valence-electron chi connectivity index (χ2n) is 2.23. The summed E-state index contributed by atoms with van der Waals surface area (Å²) in [5.41, 5.74) is 1.39. The maximum atomic E-state index is 9.26. The number of rotatable bonds is 0. The topological polar surface area (TPSA) is 57.5 Å². The molecule has 0 saturated carbocycles. The van der Waals surface area contributed by atoms with Crippen molar-refractivity contribution in [3.8, 4) is 0 Å². The van der Waals surface area contributed by atoms with Crippen molar-refractivity contribution in [3.63, 3.8) is 0 Å². The molecule has 2 heterocycles. The van der Waals surface area contributed by atoms with Crippen LogP contribution in [0.1, 0.15) is 11.9 Å². The Morgan fingerprint density at radius 1 is 1.55 bits per heavy atom. The van der Waals surface area contributed by atoms with Crippen LogP contribution in [0.15, 0.2) is 23.3 Å². The summed E-state index contributed by atoms with van der Waals surface area (Å²) in [5.74, 6) is 0. The fraction of sp³-hybridized carbons (Fsp3) is 0.143. The van der Waals surface area contributed by atoms with Gasteiger partial charge in [0, 0.05) is 6.20 Å². The molecule has 0 aromatic carbocycles. The zero-order valence-electron chi connectivity index (χ0n) is 5.73. The van der Waals surface area contributed by atoms with E-state index in [0.29, 0.717) is 5.69 Å². The zero-order valence-corrected chi connectivity index (χ0v) is 5.73. The third-order valence-corrected chi connectivity index (χ3v) is 1.52. The Balaban J connectivity index is 2.50. The summed E-state index contributed by atoms with van der Waals surface area (Å²) in [6.45, 7) is 0. The van der Waals surface area contributed by atoms with Gasteiger partial charge in [0.05, 0.1) is 12.0 Å². The third-order valence-electron chi connectivity index (χ3n) is 1.52. The van der Waals surface area contributed by atoms with Crippen molar-refractivity contribution in [3.05, 3.63) is 24.0 Å². The molecule has 0 radical (unpaired) electrons. The molecular weight excluding hydrogens is 142 g/mol. The first-order valence-corrected chi connectivity index (χ1v) is 3.29. The van der Waals surface area contributed by atoms with Gasteiger partial charge in [0.15, 0.2) is 6.23 Å². The lowest BCUT2D eigenvalue weighted by atomic mass is 10.2. The van der Waals surface area contributed by atoms with Gasteiger partial charge in [0.25, 0.3) is 0 Å². The van der Waals surface area contributed by atoms with Crippen molar-refractivity contribution in [1.29, 1.82) is 0 Å². The lowest BCUT2D eigenvalue weighted by Crippen LogP contribution is -2.11. The predicted molar refractivity (Wildman–Crippen MR) is 41.3 cm³/mol. The maximum absolute atomic E-state index is 9.26. The van der Waals surface area contributed by atoms with Crippen LogP contribution in [0.25, 0.3) is 0 Å². The van der Waals surface area contributed by atoms with Gasteiger partial charge in [-0.3, -0.25) is 4.98 Å². The number of fused-ring (bicyclic) bond motifs is 1. The van der Waals surface area contributed by atoms with Crippen molar-refractivity contribution in [2.75, 3.05) is 5.32 Å². The summed E-state index contributed by atoms with van der Waals surface area (Å²) >= 11 is 0. The Morgan fingerprint density at radius 3 is 3.27 bits per heavy atom. The fourth-order valence-electron chi connectivity index (χ4n) is 0.993. The van der Waals surface area contributed by atoms with E-state index in [1.54, 1.807) is 12.3 Å². The predicted octanol–water partition coefficient (Wildman–Crippen LogP) is 0.526. The Labute approximate surface area is 63.6 Å². The molecule has 2 rings (SSSR count). The highest BCUT2D eigenvalue weighted by molar-refractivity contribution is 5.79. The molecule has 11 heavy (non-hydrogen) atoms. The zero-order chi connectivity index (χ0) is 7.68. The van der Waals surface area contributed by atoms with Gasteiger partial charge in [0.2, 0.25) is 0 Å². The molecule has 1 aliphatic rings. The van der Waals surface area contributed by atoms with Crippen molar-refractivity contribution < 1.29 is 5.11 Å². The Hall–Kier alpha value is -1.42. The molecule has 4 heteroatoms. The number of hydrogen-bond acceptors (Lipinski definition) is 4. The van der Waals surface area contributed by atoms with Crippen LogP contribution in [-0.4, -0.2) is 16.4 Å². The van der Waals surface area contributed by atoms with E-state index >= 15 is 0 Å². The van der Waals surface area contributed by atoms with Crippen LogP contribution in [0.2, 0.25) is 0 Å². The van der Waals surface area contributed by atoms with E-state index in [2.05, 4.69) is 15.3 Å². The van der Waals surface area contributed by atoms with Gasteiger partial charge in [-0.15, -0.1) is 0 Å². The Morgan fingerprint density at radius 2 is 2.45 bits per heavy atom. The van der Waals surface area contributed by atoms with E-state index in [9.17, 15) is 5.11 Å². The van der Waals surface area contributed by atoms with Crippen LogP contribution in [0.5, 0.6) is 0 Å². The SMILES string of the molecule is OC1N=CNc2cccnc21. The molecule has 1 atom stereocenters. The normalized spacial score (nSPS) is 20.6. The second kappa shape index (κ2) is 2.32.